The van der Waals surface area contributed by atoms with E-state index >= 15 is 0 Å². The van der Waals surface area contributed by atoms with Crippen LogP contribution < -0.4 is 5.73 Å². The minimum atomic E-state index is -1.02. The van der Waals surface area contributed by atoms with Crippen LogP contribution in [0.2, 0.25) is 0 Å². The predicted molar refractivity (Wildman–Crippen MR) is 120 cm³/mol. The maximum absolute atomic E-state index is 12.2. The average Bonchev–Trinajstić information content (AvgIpc) is 3.17. The van der Waals surface area contributed by atoms with Crippen LogP contribution in [-0.2, 0) is 32.0 Å². The molecule has 9 nitrogen and oxygen atoms in total. The molecule has 1 aromatic carbocycles. The van der Waals surface area contributed by atoms with Crippen molar-refractivity contribution >= 4 is 34.9 Å². The number of aliphatic carboxylic acids is 1. The molecule has 2 aromatic rings. The second-order valence-corrected chi connectivity index (χ2v) is 7.73. The Bertz CT molecular complexity index is 952. The van der Waals surface area contributed by atoms with Crippen LogP contribution in [0.25, 0.3) is 0 Å². The minimum Gasteiger partial charge on any atom is -0.508 e. The number of esters is 1. The summed E-state index contributed by atoms with van der Waals surface area (Å²) in [6.07, 6.45) is 4.18. The molecule has 0 bridgehead atoms. The Balaban J connectivity index is 0.000000244. The summed E-state index contributed by atoms with van der Waals surface area (Å²) in [6, 6.07) is 8.44. The van der Waals surface area contributed by atoms with Crippen molar-refractivity contribution < 1.29 is 29.3 Å². The number of ether oxygens (including phenoxy) is 1. The highest BCUT2D eigenvalue weighted by atomic mass is 32.1. The molecule has 170 valence electrons. The zero-order valence-electron chi connectivity index (χ0n) is 17.5. The van der Waals surface area contributed by atoms with Gasteiger partial charge in [0.05, 0.1) is 20.1 Å². The number of nitrogens with zero attached hydrogens (tertiary/aromatic N) is 2. The summed E-state index contributed by atoms with van der Waals surface area (Å²) < 4.78 is 4.71. The van der Waals surface area contributed by atoms with Gasteiger partial charge in [-0.1, -0.05) is 30.4 Å². The fourth-order valence-electron chi connectivity index (χ4n) is 3.05. The fourth-order valence-corrected chi connectivity index (χ4v) is 3.35. The SMILES string of the molecule is COC(=O)[C@@H]1CC(=S)CN1C(=O)Cc1cccnc1.N[C@@H](Cc1ccc(O)cc1)C(=O)O. The van der Waals surface area contributed by atoms with E-state index in [1.165, 1.54) is 24.1 Å². The molecule has 32 heavy (non-hydrogen) atoms. The number of methoxy groups -OCH3 is 1. The molecule has 1 fully saturated rings. The molecule has 0 radical (unpaired) electrons. The molecule has 1 aromatic heterocycles. The van der Waals surface area contributed by atoms with Crippen molar-refractivity contribution in [3.63, 3.8) is 0 Å². The lowest BCUT2D eigenvalue weighted by Crippen LogP contribution is -2.41. The Morgan fingerprint density at radius 1 is 1.25 bits per heavy atom. The molecule has 1 aliphatic heterocycles. The van der Waals surface area contributed by atoms with Gasteiger partial charge in [-0.2, -0.15) is 0 Å². The first kappa shape index (κ1) is 24.9. The van der Waals surface area contributed by atoms with Crippen LogP contribution in [0.1, 0.15) is 17.5 Å². The van der Waals surface area contributed by atoms with E-state index in [0.29, 0.717) is 17.8 Å². The fraction of sp³-hybridized carbons (Fsp3) is 0.318. The average molecular weight is 460 g/mol. The third-order valence-electron chi connectivity index (χ3n) is 4.72. The number of amides is 1. The first-order valence-corrected chi connectivity index (χ1v) is 10.2. The molecule has 3 rings (SSSR count). The van der Waals surface area contributed by atoms with E-state index in [1.807, 2.05) is 6.07 Å². The zero-order chi connectivity index (χ0) is 23.7. The Morgan fingerprint density at radius 2 is 1.94 bits per heavy atom. The van der Waals surface area contributed by atoms with E-state index < -0.39 is 24.0 Å². The van der Waals surface area contributed by atoms with E-state index in [1.54, 1.807) is 30.6 Å². The number of carbonyl (C=O) groups is 3. The van der Waals surface area contributed by atoms with Gasteiger partial charge in [0.2, 0.25) is 5.91 Å². The van der Waals surface area contributed by atoms with Crippen molar-refractivity contribution in [2.45, 2.75) is 31.3 Å². The standard InChI is InChI=1S/C13H14N2O3S.C9H11NO3/c1-18-13(17)11-6-10(19)8-15(11)12(16)5-9-3-2-4-14-7-9;10-8(9(12)13)5-6-1-3-7(11)4-2-6/h2-4,7,11H,5-6,8H2,1H3;1-4,8,11H,5,10H2,(H,12,13)/t11-;8-/m00/s1. The molecule has 0 unspecified atom stereocenters. The number of aromatic nitrogens is 1. The van der Waals surface area contributed by atoms with Crippen molar-refractivity contribution in [1.82, 2.24) is 9.88 Å². The van der Waals surface area contributed by atoms with E-state index in [-0.39, 0.29) is 24.5 Å². The second-order valence-electron chi connectivity index (χ2n) is 7.16. The van der Waals surface area contributed by atoms with Gasteiger partial charge in [-0.15, -0.1) is 0 Å². The first-order chi connectivity index (χ1) is 15.2. The molecule has 1 aliphatic rings. The third-order valence-corrected chi connectivity index (χ3v) is 5.02. The van der Waals surface area contributed by atoms with Crippen molar-refractivity contribution in [2.75, 3.05) is 13.7 Å². The Morgan fingerprint density at radius 3 is 2.50 bits per heavy atom. The quantitative estimate of drug-likeness (QED) is 0.427. The van der Waals surface area contributed by atoms with Crippen LogP contribution in [0.3, 0.4) is 0 Å². The van der Waals surface area contributed by atoms with Crippen molar-refractivity contribution in [3.05, 3.63) is 59.9 Å². The summed E-state index contributed by atoms with van der Waals surface area (Å²) in [5, 5.41) is 17.5. The monoisotopic (exact) mass is 459 g/mol. The zero-order valence-corrected chi connectivity index (χ0v) is 18.3. The number of carbonyl (C=O) groups excluding carboxylic acids is 2. The van der Waals surface area contributed by atoms with Gasteiger partial charge in [-0.3, -0.25) is 14.6 Å². The molecule has 1 saturated heterocycles. The van der Waals surface area contributed by atoms with Gasteiger partial charge >= 0.3 is 11.9 Å². The molecular formula is C22H25N3O6S. The van der Waals surface area contributed by atoms with E-state index in [0.717, 1.165) is 11.1 Å². The summed E-state index contributed by atoms with van der Waals surface area (Å²) in [4.78, 5) is 40.4. The predicted octanol–water partition coefficient (Wildman–Crippen LogP) is 1.11. The molecule has 1 amide bonds. The van der Waals surface area contributed by atoms with E-state index in [2.05, 4.69) is 4.98 Å². The summed E-state index contributed by atoms with van der Waals surface area (Å²) in [5.74, 6) is -1.41. The lowest BCUT2D eigenvalue weighted by molar-refractivity contribution is -0.150. The molecule has 4 N–H and O–H groups in total. The number of benzene rings is 1. The number of carboxylic acid groups (broad SMARTS) is 1. The van der Waals surface area contributed by atoms with E-state index in [9.17, 15) is 14.4 Å². The normalized spacial score (nSPS) is 16.0. The van der Waals surface area contributed by atoms with Crippen molar-refractivity contribution in [2.24, 2.45) is 5.73 Å². The van der Waals surface area contributed by atoms with Gasteiger partial charge in [0.1, 0.15) is 17.8 Å². The van der Waals surface area contributed by atoms with Crippen LogP contribution >= 0.6 is 12.2 Å². The largest absolute Gasteiger partial charge is 0.508 e. The number of carboxylic acids is 1. The topological polar surface area (TPSA) is 143 Å². The molecule has 2 atom stereocenters. The molecular weight excluding hydrogens is 434 g/mol. The van der Waals surface area contributed by atoms with Crippen molar-refractivity contribution in [3.8, 4) is 5.75 Å². The lowest BCUT2D eigenvalue weighted by atomic mass is 10.1. The number of hydrogen-bond donors (Lipinski definition) is 3. The number of rotatable bonds is 6. The van der Waals surface area contributed by atoms with Crippen LogP contribution in [0.4, 0.5) is 0 Å². The highest BCUT2D eigenvalue weighted by molar-refractivity contribution is 7.80. The van der Waals surface area contributed by atoms with Crippen molar-refractivity contribution in [1.29, 1.82) is 0 Å². The van der Waals surface area contributed by atoms with Gasteiger partial charge in [0.25, 0.3) is 0 Å². The molecule has 0 spiro atoms. The van der Waals surface area contributed by atoms with Gasteiger partial charge in [0.15, 0.2) is 0 Å². The second kappa shape index (κ2) is 11.9. The highest BCUT2D eigenvalue weighted by Gasteiger charge is 2.37. The number of phenolic OH excluding ortho intramolecular Hbond substituents is 1. The van der Waals surface area contributed by atoms with Crippen LogP contribution in [0, 0.1) is 0 Å². The molecule has 0 saturated carbocycles. The van der Waals surface area contributed by atoms with Crippen LogP contribution in [0.15, 0.2) is 48.8 Å². The number of aromatic hydroxyl groups is 1. The maximum Gasteiger partial charge on any atom is 0.328 e. The van der Waals surface area contributed by atoms with Crippen LogP contribution in [-0.4, -0.2) is 68.5 Å². The number of pyridine rings is 1. The summed E-state index contributed by atoms with van der Waals surface area (Å²) in [6.45, 7) is 0.341. The number of nitrogens with two attached hydrogens (primary N) is 1. The molecule has 2 heterocycles. The van der Waals surface area contributed by atoms with Gasteiger partial charge in [0, 0.05) is 23.7 Å². The smallest absolute Gasteiger partial charge is 0.328 e. The summed E-state index contributed by atoms with van der Waals surface area (Å²) in [7, 11) is 1.31. The Hall–Kier alpha value is -3.37. The van der Waals surface area contributed by atoms with Gasteiger partial charge < -0.3 is 25.6 Å². The van der Waals surface area contributed by atoms with Gasteiger partial charge in [-0.05, 0) is 35.7 Å². The highest BCUT2D eigenvalue weighted by Crippen LogP contribution is 2.18. The van der Waals surface area contributed by atoms with E-state index in [4.69, 9.17) is 32.9 Å². The summed E-state index contributed by atoms with van der Waals surface area (Å²) in [5.41, 5.74) is 6.94. The Kier molecular flexibility index (Phi) is 9.23. The molecule has 10 heteroatoms. The minimum absolute atomic E-state index is 0.136. The number of thiocarbonyl (C=S) groups is 1. The first-order valence-electron chi connectivity index (χ1n) is 9.75. The van der Waals surface area contributed by atoms with Gasteiger partial charge in [-0.25, -0.2) is 4.79 Å². The third kappa shape index (κ3) is 7.40. The number of phenols is 1. The number of hydrogen-bond acceptors (Lipinski definition) is 8. The maximum atomic E-state index is 12.2. The number of likely N-dealkylation sites (tertiary alicyclic amines) is 1. The summed E-state index contributed by atoms with van der Waals surface area (Å²) >= 11 is 5.11. The van der Waals surface area contributed by atoms with Crippen LogP contribution in [0.5, 0.6) is 5.75 Å². The Labute approximate surface area is 190 Å². The lowest BCUT2D eigenvalue weighted by Gasteiger charge is -2.22. The molecule has 0 aliphatic carbocycles.